The summed E-state index contributed by atoms with van der Waals surface area (Å²) in [5.41, 5.74) is 0.240. The lowest BCUT2D eigenvalue weighted by molar-refractivity contribution is -0.137. The molecule has 0 aliphatic heterocycles. The second-order valence-corrected chi connectivity index (χ2v) is 6.44. The molecule has 1 aromatic heterocycles. The minimum Gasteiger partial charge on any atom is -0.494 e. The van der Waals surface area contributed by atoms with Crippen molar-refractivity contribution < 1.29 is 23.0 Å². The van der Waals surface area contributed by atoms with Gasteiger partial charge in [0.05, 0.1) is 12.1 Å². The average Bonchev–Trinajstić information content (AvgIpc) is 2.99. The van der Waals surface area contributed by atoms with Crippen LogP contribution >= 0.6 is 0 Å². The molecule has 0 spiro atoms. The Morgan fingerprint density at radius 3 is 2.04 bits per heavy atom. The molecule has 4 rings (SSSR count). The highest BCUT2D eigenvalue weighted by molar-refractivity contribution is 5.87. The Morgan fingerprint density at radius 2 is 1.43 bits per heavy atom. The summed E-state index contributed by atoms with van der Waals surface area (Å²) in [5, 5.41) is 12.1. The molecule has 3 nitrogen and oxygen atoms in total. The molecular formula is C22H16F3NO2. The molecule has 0 saturated carbocycles. The van der Waals surface area contributed by atoms with Gasteiger partial charge in [-0.3, -0.25) is 0 Å². The lowest BCUT2D eigenvalue weighted by atomic mass is 10.2. The first-order valence-corrected chi connectivity index (χ1v) is 8.61. The summed E-state index contributed by atoms with van der Waals surface area (Å²) in [5.74, 6) is 1.06. The SMILES string of the molecule is Oc1c2ccccc2cn1Cc1ccc(Oc2ccc(C(F)(F)F)cc2)cc1. The van der Waals surface area contributed by atoms with Gasteiger partial charge in [-0.1, -0.05) is 30.3 Å². The fraction of sp³-hybridized carbons (Fsp3) is 0.0909. The van der Waals surface area contributed by atoms with Crippen molar-refractivity contribution in [2.24, 2.45) is 0 Å². The van der Waals surface area contributed by atoms with Gasteiger partial charge in [0.25, 0.3) is 0 Å². The zero-order valence-corrected chi connectivity index (χ0v) is 14.6. The summed E-state index contributed by atoms with van der Waals surface area (Å²) in [7, 11) is 0. The average molecular weight is 383 g/mol. The standard InChI is InChI=1S/C22H16F3NO2/c23-22(24,25)17-7-11-19(12-8-17)28-18-9-5-15(6-10-18)13-26-14-16-3-1-2-4-20(16)21(26)27/h1-12,14,27H,13H2. The molecule has 4 aromatic rings. The monoisotopic (exact) mass is 383 g/mol. The third-order valence-electron chi connectivity index (χ3n) is 4.46. The van der Waals surface area contributed by atoms with Crippen molar-refractivity contribution >= 4 is 10.8 Å². The van der Waals surface area contributed by atoms with Crippen LogP contribution in [0, 0.1) is 0 Å². The fourth-order valence-corrected chi connectivity index (χ4v) is 3.03. The van der Waals surface area contributed by atoms with Crippen LogP contribution in [0.5, 0.6) is 17.4 Å². The zero-order chi connectivity index (χ0) is 19.7. The number of aromatic nitrogens is 1. The molecule has 0 saturated heterocycles. The number of ether oxygens (including phenoxy) is 1. The number of rotatable bonds is 4. The second kappa shape index (κ2) is 6.96. The van der Waals surface area contributed by atoms with Crippen LogP contribution in [0.4, 0.5) is 13.2 Å². The quantitative estimate of drug-likeness (QED) is 0.455. The van der Waals surface area contributed by atoms with E-state index in [-0.39, 0.29) is 5.88 Å². The lowest BCUT2D eigenvalue weighted by Gasteiger charge is -2.10. The van der Waals surface area contributed by atoms with Gasteiger partial charge in [-0.2, -0.15) is 13.2 Å². The molecule has 3 aromatic carbocycles. The molecule has 1 N–H and O–H groups in total. The maximum Gasteiger partial charge on any atom is 0.416 e. The number of fused-ring (bicyclic) bond motifs is 1. The van der Waals surface area contributed by atoms with Crippen molar-refractivity contribution in [2.45, 2.75) is 12.7 Å². The molecule has 6 heteroatoms. The number of benzene rings is 3. The molecule has 0 amide bonds. The minimum absolute atomic E-state index is 0.209. The Balaban J connectivity index is 1.47. The number of hydrogen-bond acceptors (Lipinski definition) is 2. The van der Waals surface area contributed by atoms with Crippen molar-refractivity contribution in [3.05, 3.63) is 90.1 Å². The summed E-state index contributed by atoms with van der Waals surface area (Å²) in [6.07, 6.45) is -2.48. The molecule has 0 unspecified atom stereocenters. The first-order chi connectivity index (χ1) is 13.4. The molecule has 0 atom stereocenters. The van der Waals surface area contributed by atoms with Crippen LogP contribution in [0.3, 0.4) is 0 Å². The predicted molar refractivity (Wildman–Crippen MR) is 101 cm³/mol. The van der Waals surface area contributed by atoms with Gasteiger partial charge >= 0.3 is 6.18 Å². The van der Waals surface area contributed by atoms with Crippen LogP contribution in [0.2, 0.25) is 0 Å². The highest BCUT2D eigenvalue weighted by Gasteiger charge is 2.30. The fourth-order valence-electron chi connectivity index (χ4n) is 3.03. The maximum atomic E-state index is 12.6. The van der Waals surface area contributed by atoms with Crippen LogP contribution in [-0.2, 0) is 12.7 Å². The number of alkyl halides is 3. The summed E-state index contributed by atoms with van der Waals surface area (Å²) in [6.45, 7) is 0.487. The largest absolute Gasteiger partial charge is 0.494 e. The van der Waals surface area contributed by atoms with E-state index in [4.69, 9.17) is 4.74 Å². The topological polar surface area (TPSA) is 34.4 Å². The van der Waals surface area contributed by atoms with E-state index in [2.05, 4.69) is 0 Å². The van der Waals surface area contributed by atoms with Crippen LogP contribution < -0.4 is 4.74 Å². The molecule has 0 aliphatic rings. The van der Waals surface area contributed by atoms with E-state index in [0.717, 1.165) is 28.5 Å². The van der Waals surface area contributed by atoms with Crippen LogP contribution in [0.1, 0.15) is 11.1 Å². The van der Waals surface area contributed by atoms with Crippen molar-refractivity contribution in [1.82, 2.24) is 4.57 Å². The summed E-state index contributed by atoms with van der Waals surface area (Å²) in [6, 6.07) is 19.3. The first-order valence-electron chi connectivity index (χ1n) is 8.61. The van der Waals surface area contributed by atoms with E-state index in [1.807, 2.05) is 42.6 Å². The van der Waals surface area contributed by atoms with Crippen molar-refractivity contribution in [1.29, 1.82) is 0 Å². The van der Waals surface area contributed by atoms with Crippen LogP contribution in [0.25, 0.3) is 10.8 Å². The minimum atomic E-state index is -4.37. The number of aromatic hydroxyl groups is 1. The molecule has 0 bridgehead atoms. The molecule has 28 heavy (non-hydrogen) atoms. The Morgan fingerprint density at radius 1 is 0.821 bits per heavy atom. The normalized spacial score (nSPS) is 11.7. The van der Waals surface area contributed by atoms with Crippen molar-refractivity contribution in [3.8, 4) is 17.4 Å². The van der Waals surface area contributed by atoms with E-state index in [0.29, 0.717) is 18.0 Å². The van der Waals surface area contributed by atoms with Gasteiger partial charge in [0.2, 0.25) is 0 Å². The van der Waals surface area contributed by atoms with Gasteiger partial charge in [-0.05, 0) is 48.0 Å². The van der Waals surface area contributed by atoms with Crippen molar-refractivity contribution in [2.75, 3.05) is 0 Å². The van der Waals surface area contributed by atoms with E-state index < -0.39 is 11.7 Å². The smallest absolute Gasteiger partial charge is 0.416 e. The van der Waals surface area contributed by atoms with Gasteiger partial charge in [-0.15, -0.1) is 0 Å². The number of nitrogens with zero attached hydrogens (tertiary/aromatic N) is 1. The van der Waals surface area contributed by atoms with Crippen LogP contribution in [-0.4, -0.2) is 9.67 Å². The number of halogens is 3. The van der Waals surface area contributed by atoms with Gasteiger partial charge in [0.1, 0.15) is 11.5 Å². The van der Waals surface area contributed by atoms with E-state index in [1.165, 1.54) is 12.1 Å². The lowest BCUT2D eigenvalue weighted by Crippen LogP contribution is -2.04. The predicted octanol–water partition coefficient (Wildman–Crippen LogP) is 6.21. The highest BCUT2D eigenvalue weighted by Crippen LogP contribution is 2.32. The Kier molecular flexibility index (Phi) is 4.47. The van der Waals surface area contributed by atoms with Crippen LogP contribution in [0.15, 0.2) is 79.0 Å². The van der Waals surface area contributed by atoms with Gasteiger partial charge in [0, 0.05) is 17.0 Å². The molecule has 0 fully saturated rings. The third-order valence-corrected chi connectivity index (χ3v) is 4.46. The molecule has 0 radical (unpaired) electrons. The maximum absolute atomic E-state index is 12.6. The number of hydrogen-bond donors (Lipinski definition) is 1. The van der Waals surface area contributed by atoms with Gasteiger partial charge < -0.3 is 14.4 Å². The molecule has 0 aliphatic carbocycles. The van der Waals surface area contributed by atoms with Gasteiger partial charge in [-0.25, -0.2) is 0 Å². The molecular weight excluding hydrogens is 367 g/mol. The highest BCUT2D eigenvalue weighted by atomic mass is 19.4. The Bertz CT molecular complexity index is 1100. The summed E-state index contributed by atoms with van der Waals surface area (Å²) < 4.78 is 45.2. The Labute approximate surface area is 159 Å². The van der Waals surface area contributed by atoms with E-state index >= 15 is 0 Å². The summed E-state index contributed by atoms with van der Waals surface area (Å²) >= 11 is 0. The Hall–Kier alpha value is -3.41. The summed E-state index contributed by atoms with van der Waals surface area (Å²) in [4.78, 5) is 0. The molecule has 1 heterocycles. The van der Waals surface area contributed by atoms with Crippen molar-refractivity contribution in [3.63, 3.8) is 0 Å². The molecule has 142 valence electrons. The van der Waals surface area contributed by atoms with E-state index in [9.17, 15) is 18.3 Å². The first kappa shape index (κ1) is 18.0. The zero-order valence-electron chi connectivity index (χ0n) is 14.6. The second-order valence-electron chi connectivity index (χ2n) is 6.44. The third kappa shape index (κ3) is 3.67. The van der Waals surface area contributed by atoms with Gasteiger partial charge in [0.15, 0.2) is 5.88 Å². The van der Waals surface area contributed by atoms with E-state index in [1.54, 1.807) is 16.7 Å².